The van der Waals surface area contributed by atoms with Gasteiger partial charge in [0.15, 0.2) is 11.5 Å². The van der Waals surface area contributed by atoms with Crippen molar-refractivity contribution in [2.75, 3.05) is 17.5 Å². The van der Waals surface area contributed by atoms with Gasteiger partial charge in [-0.3, -0.25) is 19.8 Å². The first-order valence-corrected chi connectivity index (χ1v) is 11.8. The Bertz CT molecular complexity index is 1510. The Hall–Kier alpha value is -4.31. The van der Waals surface area contributed by atoms with Crippen molar-refractivity contribution in [3.05, 3.63) is 88.0 Å². The number of hydrogen-bond acceptors (Lipinski definition) is 5. The number of anilines is 1. The smallest absolute Gasteiger partial charge is 0.328 e. The Morgan fingerprint density at radius 1 is 0.944 bits per heavy atom. The second-order valence-corrected chi connectivity index (χ2v) is 9.12. The lowest BCUT2D eigenvalue weighted by Crippen LogP contribution is -2.39. The molecule has 10 heteroatoms. The molecule has 0 aliphatic carbocycles. The first-order chi connectivity index (χ1) is 17.4. The van der Waals surface area contributed by atoms with E-state index in [4.69, 9.17) is 9.47 Å². The second kappa shape index (κ2) is 9.74. The highest BCUT2D eigenvalue weighted by Gasteiger charge is 2.21. The minimum absolute atomic E-state index is 0.114. The highest BCUT2D eigenvalue weighted by molar-refractivity contribution is 9.10. The summed E-state index contributed by atoms with van der Waals surface area (Å²) in [4.78, 5) is 38.5. The van der Waals surface area contributed by atoms with Crippen LogP contribution >= 0.6 is 15.9 Å². The molecule has 0 atom stereocenters. The van der Waals surface area contributed by atoms with Crippen LogP contribution in [0.25, 0.3) is 10.9 Å². The summed E-state index contributed by atoms with van der Waals surface area (Å²) in [6.45, 7) is 2.18. The molecule has 0 bridgehead atoms. The number of aromatic nitrogens is 1. The van der Waals surface area contributed by atoms with Gasteiger partial charge in [-0.1, -0.05) is 34.1 Å². The summed E-state index contributed by atoms with van der Waals surface area (Å²) in [6.07, 6.45) is 0. The zero-order valence-corrected chi connectivity index (χ0v) is 20.7. The van der Waals surface area contributed by atoms with Crippen LogP contribution in [0.2, 0.25) is 0 Å². The van der Waals surface area contributed by atoms with E-state index < -0.39 is 17.7 Å². The lowest BCUT2D eigenvalue weighted by atomic mass is 10.2. The zero-order valence-electron chi connectivity index (χ0n) is 19.1. The Balaban J connectivity index is 1.34. The Labute approximate surface area is 214 Å². The fourth-order valence-electron chi connectivity index (χ4n) is 3.86. The van der Waals surface area contributed by atoms with Gasteiger partial charge in [-0.2, -0.15) is 0 Å². The maximum Gasteiger partial charge on any atom is 0.328 e. The number of fused-ring (bicyclic) bond motifs is 2. The molecule has 0 radical (unpaired) electrons. The van der Waals surface area contributed by atoms with Gasteiger partial charge in [0.1, 0.15) is 5.69 Å². The van der Waals surface area contributed by atoms with Gasteiger partial charge in [-0.25, -0.2) is 4.68 Å². The second-order valence-electron chi connectivity index (χ2n) is 8.20. The van der Waals surface area contributed by atoms with Crippen molar-refractivity contribution in [2.45, 2.75) is 13.5 Å². The van der Waals surface area contributed by atoms with Crippen molar-refractivity contribution in [3.63, 3.8) is 0 Å². The molecular formula is C26H21BrN4O5. The van der Waals surface area contributed by atoms with Crippen LogP contribution in [0.3, 0.4) is 0 Å². The molecule has 4 aromatic rings. The number of ether oxygens (including phenoxy) is 2. The van der Waals surface area contributed by atoms with E-state index in [-0.39, 0.29) is 19.0 Å². The minimum Gasteiger partial charge on any atom is -0.454 e. The Kier molecular flexibility index (Phi) is 6.34. The quantitative estimate of drug-likeness (QED) is 0.325. The largest absolute Gasteiger partial charge is 0.454 e. The maximum atomic E-state index is 13.1. The van der Waals surface area contributed by atoms with E-state index in [0.717, 1.165) is 15.6 Å². The van der Waals surface area contributed by atoms with Gasteiger partial charge >= 0.3 is 11.8 Å². The van der Waals surface area contributed by atoms with E-state index >= 15 is 0 Å². The molecule has 0 unspecified atom stereocenters. The van der Waals surface area contributed by atoms with Gasteiger partial charge in [0.05, 0.1) is 5.52 Å². The number of carbonyl (C=O) groups excluding carboxylic acids is 3. The maximum absolute atomic E-state index is 13.1. The van der Waals surface area contributed by atoms with Crippen LogP contribution in [0.5, 0.6) is 11.5 Å². The molecule has 9 nitrogen and oxygen atoms in total. The predicted molar refractivity (Wildman–Crippen MR) is 138 cm³/mol. The van der Waals surface area contributed by atoms with Crippen molar-refractivity contribution in [1.82, 2.24) is 9.99 Å². The van der Waals surface area contributed by atoms with Gasteiger partial charge in [0.25, 0.3) is 5.91 Å². The predicted octanol–water partition coefficient (Wildman–Crippen LogP) is 4.08. The number of carbonyl (C=O) groups is 3. The van der Waals surface area contributed by atoms with Gasteiger partial charge in [-0.15, -0.1) is 0 Å². The minimum atomic E-state index is -0.916. The fraction of sp³-hybridized carbons (Fsp3) is 0.115. The summed E-state index contributed by atoms with van der Waals surface area (Å²) in [5.41, 5.74) is 5.63. The molecule has 0 saturated heterocycles. The number of hydrogen-bond donors (Lipinski definition) is 3. The topological polar surface area (TPSA) is 111 Å². The van der Waals surface area contributed by atoms with E-state index in [0.29, 0.717) is 28.1 Å². The number of nitrogens with zero attached hydrogens (tertiary/aromatic N) is 1. The van der Waals surface area contributed by atoms with Gasteiger partial charge in [-0.05, 0) is 66.6 Å². The molecule has 1 aromatic heterocycles. The number of amides is 3. The molecule has 3 aromatic carbocycles. The number of halogens is 1. The summed E-state index contributed by atoms with van der Waals surface area (Å²) in [6, 6.07) is 19.6. The molecule has 3 amide bonds. The highest BCUT2D eigenvalue weighted by atomic mass is 79.9. The van der Waals surface area contributed by atoms with Crippen molar-refractivity contribution in [2.24, 2.45) is 0 Å². The van der Waals surface area contributed by atoms with Crippen LogP contribution in [-0.2, 0) is 16.1 Å². The van der Waals surface area contributed by atoms with Crippen LogP contribution in [0.15, 0.2) is 71.2 Å². The van der Waals surface area contributed by atoms with E-state index in [1.54, 1.807) is 42.5 Å². The summed E-state index contributed by atoms with van der Waals surface area (Å²) in [7, 11) is 0. The molecular weight excluding hydrogens is 528 g/mol. The van der Waals surface area contributed by atoms with Gasteiger partial charge in [0.2, 0.25) is 6.79 Å². The molecule has 0 saturated carbocycles. The molecule has 1 aliphatic rings. The Morgan fingerprint density at radius 3 is 2.61 bits per heavy atom. The number of rotatable bonds is 5. The standard InChI is InChI=1S/C26H21BrN4O5/c1-15-3-2-4-19(9-15)29-24(32)21-12-17-11-18(27)6-7-20(17)31(21)30-26(34)25(33)28-13-16-5-8-22-23(10-16)36-14-35-22/h2-12H,13-14H2,1H3,(H,28,33)(H,29,32)(H,30,34). The molecule has 5 rings (SSSR count). The molecule has 0 spiro atoms. The third kappa shape index (κ3) is 4.89. The van der Waals surface area contributed by atoms with E-state index in [1.165, 1.54) is 4.68 Å². The van der Waals surface area contributed by atoms with E-state index in [2.05, 4.69) is 32.0 Å². The summed E-state index contributed by atoms with van der Waals surface area (Å²) < 4.78 is 12.7. The summed E-state index contributed by atoms with van der Waals surface area (Å²) in [5, 5.41) is 6.13. The van der Waals surface area contributed by atoms with Crippen molar-refractivity contribution >= 4 is 50.2 Å². The van der Waals surface area contributed by atoms with E-state index in [9.17, 15) is 14.4 Å². The van der Waals surface area contributed by atoms with Crippen LogP contribution in [0.1, 0.15) is 21.6 Å². The van der Waals surface area contributed by atoms with E-state index in [1.807, 2.05) is 31.2 Å². The molecule has 182 valence electrons. The fourth-order valence-corrected chi connectivity index (χ4v) is 4.24. The Morgan fingerprint density at radius 2 is 1.78 bits per heavy atom. The number of aryl methyl sites for hydroxylation is 1. The lowest BCUT2D eigenvalue weighted by Gasteiger charge is -2.13. The van der Waals surface area contributed by atoms with Crippen LogP contribution in [0.4, 0.5) is 5.69 Å². The first-order valence-electron chi connectivity index (χ1n) is 11.0. The van der Waals surface area contributed by atoms with Crippen LogP contribution < -0.4 is 25.5 Å². The monoisotopic (exact) mass is 548 g/mol. The van der Waals surface area contributed by atoms with Gasteiger partial charge < -0.3 is 20.1 Å². The first kappa shape index (κ1) is 23.4. The SMILES string of the molecule is Cc1cccc(NC(=O)c2cc3cc(Br)ccc3n2NC(=O)C(=O)NCc2ccc3c(c2)OCO3)c1. The average Bonchev–Trinajstić information content (AvgIpc) is 3.46. The molecule has 36 heavy (non-hydrogen) atoms. The third-order valence-corrected chi connectivity index (χ3v) is 6.08. The lowest BCUT2D eigenvalue weighted by molar-refractivity contribution is -0.136. The zero-order chi connectivity index (χ0) is 25.2. The molecule has 1 aliphatic heterocycles. The normalized spacial score (nSPS) is 11.8. The van der Waals surface area contributed by atoms with Gasteiger partial charge in [0, 0.05) is 22.1 Å². The van der Waals surface area contributed by atoms with Crippen molar-refractivity contribution < 1.29 is 23.9 Å². The highest BCUT2D eigenvalue weighted by Crippen LogP contribution is 2.32. The molecule has 2 heterocycles. The molecule has 0 fully saturated rings. The van der Waals surface area contributed by atoms with Crippen LogP contribution in [-0.4, -0.2) is 29.2 Å². The third-order valence-electron chi connectivity index (χ3n) is 5.58. The van der Waals surface area contributed by atoms with Crippen LogP contribution in [0, 0.1) is 6.92 Å². The molecule has 3 N–H and O–H groups in total. The summed E-state index contributed by atoms with van der Waals surface area (Å²) >= 11 is 3.42. The number of benzene rings is 3. The number of nitrogens with one attached hydrogen (secondary N) is 3. The summed E-state index contributed by atoms with van der Waals surface area (Å²) in [5.74, 6) is -0.989. The van der Waals surface area contributed by atoms with Crippen molar-refractivity contribution in [3.8, 4) is 11.5 Å². The van der Waals surface area contributed by atoms with Crippen molar-refractivity contribution in [1.29, 1.82) is 0 Å². The average molecular weight is 549 g/mol.